The van der Waals surface area contributed by atoms with Crippen LogP contribution in [0.5, 0.6) is 11.5 Å². The molecule has 0 bridgehead atoms. The second kappa shape index (κ2) is 12.5. The highest BCUT2D eigenvalue weighted by molar-refractivity contribution is 6.33. The molecule has 0 spiro atoms. The summed E-state index contributed by atoms with van der Waals surface area (Å²) in [6.07, 6.45) is 1.63. The molecule has 1 aliphatic rings. The zero-order valence-corrected chi connectivity index (χ0v) is 22.0. The van der Waals surface area contributed by atoms with Crippen LogP contribution < -0.4 is 25.4 Å². The van der Waals surface area contributed by atoms with Crippen LogP contribution >= 0.6 is 11.6 Å². The van der Waals surface area contributed by atoms with E-state index in [1.807, 2.05) is 18.2 Å². The van der Waals surface area contributed by atoms with Crippen molar-refractivity contribution in [3.63, 3.8) is 0 Å². The lowest BCUT2D eigenvalue weighted by Crippen LogP contribution is -2.47. The summed E-state index contributed by atoms with van der Waals surface area (Å²) in [5.41, 5.74) is 1.40. The molecule has 4 rings (SSSR count). The van der Waals surface area contributed by atoms with E-state index in [2.05, 4.69) is 16.0 Å². The predicted octanol–water partition coefficient (Wildman–Crippen LogP) is 4.12. The minimum atomic E-state index is -0.772. The molecule has 1 aromatic heterocycles. The fraction of sp³-hybridized carbons (Fsp3) is 0.321. The number of ether oxygens (including phenoxy) is 2. The topological polar surface area (TPSA) is 119 Å². The van der Waals surface area contributed by atoms with Gasteiger partial charge in [0.15, 0.2) is 0 Å². The largest absolute Gasteiger partial charge is 0.497 e. The lowest BCUT2D eigenvalue weighted by molar-refractivity contribution is -0.123. The number of hydrogen-bond donors (Lipinski definition) is 3. The summed E-state index contributed by atoms with van der Waals surface area (Å²) in [6.45, 7) is 2.41. The first-order valence-corrected chi connectivity index (χ1v) is 12.8. The molecule has 2 aromatic carbocycles. The number of carbonyl (C=O) groups is 3. The molecule has 200 valence electrons. The molecule has 0 radical (unpaired) electrons. The van der Waals surface area contributed by atoms with Gasteiger partial charge in [-0.2, -0.15) is 0 Å². The molecule has 0 saturated heterocycles. The zero-order chi connectivity index (χ0) is 27.1. The predicted molar refractivity (Wildman–Crippen MR) is 143 cm³/mol. The Bertz CT molecular complexity index is 1320. The van der Waals surface area contributed by atoms with Crippen molar-refractivity contribution in [3.8, 4) is 22.8 Å². The number of amides is 3. The molecular formula is C28H30ClN3O6. The molecule has 1 atom stereocenters. The monoisotopic (exact) mass is 539 g/mol. The third-order valence-corrected chi connectivity index (χ3v) is 6.55. The number of fused-ring (bicyclic) bond motifs is 1. The Balaban J connectivity index is 1.45. The van der Waals surface area contributed by atoms with Gasteiger partial charge in [0.25, 0.3) is 11.8 Å². The van der Waals surface area contributed by atoms with E-state index in [0.717, 1.165) is 0 Å². The van der Waals surface area contributed by atoms with Gasteiger partial charge in [-0.3, -0.25) is 14.4 Å². The van der Waals surface area contributed by atoms with Gasteiger partial charge in [-0.25, -0.2) is 0 Å². The van der Waals surface area contributed by atoms with Gasteiger partial charge in [-0.05, 0) is 56.5 Å². The van der Waals surface area contributed by atoms with E-state index in [0.29, 0.717) is 70.5 Å². The van der Waals surface area contributed by atoms with Gasteiger partial charge in [-0.15, -0.1) is 0 Å². The van der Waals surface area contributed by atoms with E-state index < -0.39 is 11.9 Å². The van der Waals surface area contributed by atoms with E-state index >= 15 is 0 Å². The van der Waals surface area contributed by atoms with Crippen molar-refractivity contribution in [1.29, 1.82) is 0 Å². The maximum Gasteiger partial charge on any atom is 0.255 e. The van der Waals surface area contributed by atoms with E-state index in [4.69, 9.17) is 25.5 Å². The average molecular weight is 540 g/mol. The third-order valence-electron chi connectivity index (χ3n) is 6.22. The van der Waals surface area contributed by atoms with Crippen LogP contribution in [0.3, 0.4) is 0 Å². The summed E-state index contributed by atoms with van der Waals surface area (Å²) in [7, 11) is 1.53. The molecule has 1 aliphatic heterocycles. The van der Waals surface area contributed by atoms with Crippen LogP contribution in [0.15, 0.2) is 52.9 Å². The number of hydrogen-bond acceptors (Lipinski definition) is 6. The van der Waals surface area contributed by atoms with Crippen LogP contribution in [0, 0.1) is 6.92 Å². The van der Waals surface area contributed by atoms with E-state index in [1.165, 1.54) is 7.11 Å². The highest BCUT2D eigenvalue weighted by Gasteiger charge is 2.24. The van der Waals surface area contributed by atoms with Gasteiger partial charge >= 0.3 is 0 Å². The first-order chi connectivity index (χ1) is 18.4. The fourth-order valence-electron chi connectivity index (χ4n) is 4.17. The van der Waals surface area contributed by atoms with Crippen molar-refractivity contribution < 1.29 is 28.3 Å². The Kier molecular flexibility index (Phi) is 8.91. The van der Waals surface area contributed by atoms with Crippen molar-refractivity contribution >= 4 is 29.3 Å². The molecule has 9 nitrogen and oxygen atoms in total. The number of furan rings is 1. The lowest BCUT2D eigenvalue weighted by Gasteiger charge is -2.20. The second-order valence-electron chi connectivity index (χ2n) is 8.84. The Morgan fingerprint density at radius 3 is 2.66 bits per heavy atom. The number of methoxy groups -OCH3 is 1. The van der Waals surface area contributed by atoms with Gasteiger partial charge in [-0.1, -0.05) is 23.7 Å². The second-order valence-corrected chi connectivity index (χ2v) is 9.25. The van der Waals surface area contributed by atoms with Gasteiger partial charge in [0.1, 0.15) is 35.7 Å². The summed E-state index contributed by atoms with van der Waals surface area (Å²) in [6, 6.07) is 13.0. The van der Waals surface area contributed by atoms with Crippen LogP contribution in [-0.4, -0.2) is 50.6 Å². The third kappa shape index (κ3) is 6.47. The van der Waals surface area contributed by atoms with Crippen LogP contribution in [0.2, 0.25) is 5.02 Å². The Morgan fingerprint density at radius 2 is 1.87 bits per heavy atom. The van der Waals surface area contributed by atoms with Crippen molar-refractivity contribution in [1.82, 2.24) is 16.0 Å². The molecule has 3 aromatic rings. The maximum absolute atomic E-state index is 13.1. The molecule has 0 aliphatic carbocycles. The van der Waals surface area contributed by atoms with Crippen LogP contribution in [0.4, 0.5) is 0 Å². The maximum atomic E-state index is 13.1. The van der Waals surface area contributed by atoms with Gasteiger partial charge in [0.2, 0.25) is 5.91 Å². The molecule has 3 N–H and O–H groups in total. The molecule has 0 fully saturated rings. The molecule has 38 heavy (non-hydrogen) atoms. The zero-order valence-electron chi connectivity index (χ0n) is 21.3. The van der Waals surface area contributed by atoms with E-state index in [1.54, 1.807) is 37.3 Å². The van der Waals surface area contributed by atoms with Crippen molar-refractivity contribution in [2.24, 2.45) is 0 Å². The Labute approximate surface area is 225 Å². The number of halogens is 1. The fourth-order valence-corrected chi connectivity index (χ4v) is 4.40. The van der Waals surface area contributed by atoms with Crippen LogP contribution in [-0.2, 0) is 4.79 Å². The molecule has 0 unspecified atom stereocenters. The van der Waals surface area contributed by atoms with Crippen molar-refractivity contribution in [2.75, 3.05) is 26.8 Å². The molecular weight excluding hydrogens is 510 g/mol. The highest BCUT2D eigenvalue weighted by Crippen LogP contribution is 2.31. The SMILES string of the molecule is COc1ccc2c(c1)OCCNC(=O)[C@@H](NC(=O)c1cc(-c3ccccc3Cl)oc1C)CCCCNC2=O. The summed E-state index contributed by atoms with van der Waals surface area (Å²) >= 11 is 6.28. The van der Waals surface area contributed by atoms with Gasteiger partial charge < -0.3 is 29.8 Å². The van der Waals surface area contributed by atoms with Gasteiger partial charge in [0.05, 0.1) is 29.8 Å². The normalized spacial score (nSPS) is 16.8. The minimum absolute atomic E-state index is 0.127. The van der Waals surface area contributed by atoms with E-state index in [9.17, 15) is 14.4 Å². The number of nitrogens with one attached hydrogen (secondary N) is 3. The molecule has 10 heteroatoms. The van der Waals surface area contributed by atoms with Crippen LogP contribution in [0.25, 0.3) is 11.3 Å². The minimum Gasteiger partial charge on any atom is -0.497 e. The standard InChI is InChI=1S/C28H30ClN3O6/c1-17-21(16-25(38-17)19-7-3-4-8-22(19)29)27(34)32-23-9-5-6-12-30-26(33)20-11-10-18(36-2)15-24(20)37-14-13-31-28(23)35/h3-4,7-8,10-11,15-16,23H,5-6,9,12-14H2,1-2H3,(H,30,33)(H,31,35)(H,32,34)/t23-/m0/s1. The number of carbonyl (C=O) groups excluding carboxylic acids is 3. The van der Waals surface area contributed by atoms with Crippen molar-refractivity contribution in [2.45, 2.75) is 32.2 Å². The molecule has 3 amide bonds. The quantitative estimate of drug-likeness (QED) is 0.459. The lowest BCUT2D eigenvalue weighted by atomic mass is 10.1. The summed E-state index contributed by atoms with van der Waals surface area (Å²) in [5.74, 6) is 0.818. The smallest absolute Gasteiger partial charge is 0.255 e. The summed E-state index contributed by atoms with van der Waals surface area (Å²) < 4.78 is 16.8. The summed E-state index contributed by atoms with van der Waals surface area (Å²) in [5, 5.41) is 9.04. The number of rotatable bonds is 4. The Hall–Kier alpha value is -3.98. The van der Waals surface area contributed by atoms with Gasteiger partial charge in [0, 0.05) is 18.2 Å². The van der Waals surface area contributed by atoms with E-state index in [-0.39, 0.29) is 25.0 Å². The molecule has 0 saturated carbocycles. The highest BCUT2D eigenvalue weighted by atomic mass is 35.5. The number of aryl methyl sites for hydroxylation is 1. The number of benzene rings is 2. The first-order valence-electron chi connectivity index (χ1n) is 12.4. The molecule has 2 heterocycles. The Morgan fingerprint density at radius 1 is 1.05 bits per heavy atom. The average Bonchev–Trinajstić information content (AvgIpc) is 3.30. The summed E-state index contributed by atoms with van der Waals surface area (Å²) in [4.78, 5) is 38.8. The first kappa shape index (κ1) is 27.1. The van der Waals surface area contributed by atoms with Crippen molar-refractivity contribution in [3.05, 3.63) is 70.4 Å². The van der Waals surface area contributed by atoms with Crippen LogP contribution in [0.1, 0.15) is 45.7 Å².